The Bertz CT molecular complexity index is 618. The minimum absolute atomic E-state index is 0.0672. The Labute approximate surface area is 157 Å². The Hall–Kier alpha value is -2.24. The van der Waals surface area contributed by atoms with Crippen molar-refractivity contribution in [3.05, 3.63) is 29.8 Å². The van der Waals surface area contributed by atoms with E-state index in [4.69, 9.17) is 0 Å². The van der Waals surface area contributed by atoms with Gasteiger partial charge in [-0.05, 0) is 53.2 Å². The third-order valence-electron chi connectivity index (χ3n) is 4.17. The van der Waals surface area contributed by atoms with Gasteiger partial charge in [0.2, 0.25) is 5.91 Å². The molecule has 1 aliphatic rings. The minimum Gasteiger partial charge on any atom is -0.369 e. The van der Waals surface area contributed by atoms with Crippen LogP contribution in [0.4, 0.5) is 5.69 Å². The second-order valence-corrected chi connectivity index (χ2v) is 7.90. The number of carbonyl (C=O) groups is 1. The number of nitrogens with one attached hydrogen (secondary N) is 3. The van der Waals surface area contributed by atoms with E-state index in [0.29, 0.717) is 12.0 Å². The van der Waals surface area contributed by atoms with Crippen molar-refractivity contribution >= 4 is 17.6 Å². The molecule has 6 heteroatoms. The van der Waals surface area contributed by atoms with Crippen LogP contribution >= 0.6 is 0 Å². The zero-order chi connectivity index (χ0) is 19.2. The Morgan fingerprint density at radius 2 is 1.96 bits per heavy atom. The lowest BCUT2D eigenvalue weighted by atomic mass is 10.1. The molecule has 3 N–H and O–H groups in total. The Morgan fingerprint density at radius 1 is 1.27 bits per heavy atom. The monoisotopic (exact) mass is 359 g/mol. The van der Waals surface area contributed by atoms with Crippen LogP contribution in [0.2, 0.25) is 0 Å². The lowest BCUT2D eigenvalue weighted by Crippen LogP contribution is -2.46. The van der Waals surface area contributed by atoms with Crippen LogP contribution in [0.3, 0.4) is 0 Å². The van der Waals surface area contributed by atoms with Crippen molar-refractivity contribution in [1.29, 1.82) is 0 Å². The van der Waals surface area contributed by atoms with E-state index in [1.165, 1.54) is 11.3 Å². The average molecular weight is 360 g/mol. The molecule has 1 aliphatic heterocycles. The van der Waals surface area contributed by atoms with Crippen molar-refractivity contribution in [3.63, 3.8) is 0 Å². The molecule has 0 aromatic heterocycles. The first-order valence-electron chi connectivity index (χ1n) is 9.44. The number of anilines is 1. The third kappa shape index (κ3) is 6.58. The molecule has 1 aromatic rings. The number of hydrogen-bond acceptors (Lipinski definition) is 3. The van der Waals surface area contributed by atoms with E-state index in [2.05, 4.69) is 57.0 Å². The van der Waals surface area contributed by atoms with Crippen molar-refractivity contribution in [2.75, 3.05) is 31.1 Å². The van der Waals surface area contributed by atoms with E-state index in [9.17, 15) is 4.79 Å². The molecule has 26 heavy (non-hydrogen) atoms. The molecular formula is C20H33N5O. The molecule has 144 valence electrons. The van der Waals surface area contributed by atoms with Gasteiger partial charge in [0.15, 0.2) is 5.96 Å². The molecule has 6 nitrogen and oxygen atoms in total. The van der Waals surface area contributed by atoms with Crippen molar-refractivity contribution in [2.24, 2.45) is 4.99 Å². The van der Waals surface area contributed by atoms with Crippen LogP contribution in [0.25, 0.3) is 0 Å². The standard InChI is InChI=1S/C20H33N5O/c1-6-21-19(22-13-18(26)24-20(3,4)5)23-16-11-12-25(14-16)17-9-7-15(2)8-10-17/h7-10,16H,6,11-14H2,1-5H3,(H,24,26)(H2,21,22,23). The van der Waals surface area contributed by atoms with E-state index in [-0.39, 0.29) is 18.0 Å². The Morgan fingerprint density at radius 3 is 2.58 bits per heavy atom. The van der Waals surface area contributed by atoms with Gasteiger partial charge in [-0.25, -0.2) is 4.99 Å². The van der Waals surface area contributed by atoms with Gasteiger partial charge in [0, 0.05) is 36.9 Å². The first-order valence-corrected chi connectivity index (χ1v) is 9.44. The molecule has 1 aromatic carbocycles. The first kappa shape index (κ1) is 20.1. The number of aryl methyl sites for hydroxylation is 1. The highest BCUT2D eigenvalue weighted by Gasteiger charge is 2.23. The summed E-state index contributed by atoms with van der Waals surface area (Å²) in [5.41, 5.74) is 2.29. The molecule has 0 radical (unpaired) electrons. The fraction of sp³-hybridized carbons (Fsp3) is 0.600. The number of benzene rings is 1. The lowest BCUT2D eigenvalue weighted by molar-refractivity contribution is -0.121. The fourth-order valence-electron chi connectivity index (χ4n) is 2.99. The van der Waals surface area contributed by atoms with Gasteiger partial charge in [0.1, 0.15) is 6.54 Å². The molecule has 1 unspecified atom stereocenters. The summed E-state index contributed by atoms with van der Waals surface area (Å²) in [7, 11) is 0. The number of rotatable bonds is 5. The summed E-state index contributed by atoms with van der Waals surface area (Å²) in [6.45, 7) is 12.9. The van der Waals surface area contributed by atoms with E-state index < -0.39 is 0 Å². The van der Waals surface area contributed by atoms with Crippen LogP contribution in [-0.2, 0) is 4.79 Å². The van der Waals surface area contributed by atoms with Crippen molar-refractivity contribution < 1.29 is 4.79 Å². The Kier molecular flexibility index (Phi) is 6.89. The molecule has 1 atom stereocenters. The molecule has 0 spiro atoms. The minimum atomic E-state index is -0.238. The Balaban J connectivity index is 1.90. The van der Waals surface area contributed by atoms with Crippen LogP contribution in [0.5, 0.6) is 0 Å². The van der Waals surface area contributed by atoms with Gasteiger partial charge in [0.05, 0.1) is 0 Å². The van der Waals surface area contributed by atoms with Crippen LogP contribution in [0.15, 0.2) is 29.3 Å². The molecule has 1 fully saturated rings. The average Bonchev–Trinajstić information content (AvgIpc) is 3.00. The van der Waals surface area contributed by atoms with Crippen molar-refractivity contribution in [3.8, 4) is 0 Å². The van der Waals surface area contributed by atoms with Gasteiger partial charge in [-0.15, -0.1) is 0 Å². The highest BCUT2D eigenvalue weighted by Crippen LogP contribution is 2.20. The van der Waals surface area contributed by atoms with Gasteiger partial charge in [-0.3, -0.25) is 4.79 Å². The summed E-state index contributed by atoms with van der Waals surface area (Å²) < 4.78 is 0. The van der Waals surface area contributed by atoms with E-state index in [1.54, 1.807) is 0 Å². The highest BCUT2D eigenvalue weighted by molar-refractivity contribution is 5.85. The van der Waals surface area contributed by atoms with Crippen LogP contribution in [0.1, 0.15) is 39.7 Å². The molecule has 1 heterocycles. The predicted octanol–water partition coefficient (Wildman–Crippen LogP) is 2.04. The number of hydrogen-bond donors (Lipinski definition) is 3. The second-order valence-electron chi connectivity index (χ2n) is 7.90. The maximum absolute atomic E-state index is 12.0. The molecule has 0 saturated carbocycles. The van der Waals surface area contributed by atoms with Crippen LogP contribution in [-0.4, -0.2) is 49.6 Å². The SMILES string of the molecule is CCNC(=NCC(=O)NC(C)(C)C)NC1CCN(c2ccc(C)cc2)C1. The molecule has 1 amide bonds. The van der Waals surface area contributed by atoms with Gasteiger partial charge in [-0.2, -0.15) is 0 Å². The fourth-order valence-corrected chi connectivity index (χ4v) is 2.99. The van der Waals surface area contributed by atoms with Crippen LogP contribution in [0, 0.1) is 6.92 Å². The van der Waals surface area contributed by atoms with E-state index in [0.717, 1.165) is 26.1 Å². The normalized spacial score (nSPS) is 18.0. The van der Waals surface area contributed by atoms with Crippen LogP contribution < -0.4 is 20.9 Å². The molecule has 0 bridgehead atoms. The highest BCUT2D eigenvalue weighted by atomic mass is 16.2. The smallest absolute Gasteiger partial charge is 0.242 e. The predicted molar refractivity (Wildman–Crippen MR) is 109 cm³/mol. The van der Waals surface area contributed by atoms with E-state index >= 15 is 0 Å². The van der Waals surface area contributed by atoms with Gasteiger partial charge in [0.25, 0.3) is 0 Å². The summed E-state index contributed by atoms with van der Waals surface area (Å²) in [6.07, 6.45) is 1.05. The largest absolute Gasteiger partial charge is 0.369 e. The maximum Gasteiger partial charge on any atom is 0.242 e. The second kappa shape index (κ2) is 8.92. The van der Waals surface area contributed by atoms with Crippen molar-refractivity contribution in [2.45, 2.75) is 52.6 Å². The summed E-state index contributed by atoms with van der Waals surface area (Å²) in [5.74, 6) is 0.634. The van der Waals surface area contributed by atoms with Gasteiger partial charge in [-0.1, -0.05) is 17.7 Å². The molecule has 0 aliphatic carbocycles. The number of amides is 1. The quantitative estimate of drug-likeness (QED) is 0.556. The number of carbonyl (C=O) groups excluding carboxylic acids is 1. The van der Waals surface area contributed by atoms with Crippen molar-refractivity contribution in [1.82, 2.24) is 16.0 Å². The van der Waals surface area contributed by atoms with Gasteiger partial charge < -0.3 is 20.9 Å². The molecule has 1 saturated heterocycles. The molecular weight excluding hydrogens is 326 g/mol. The number of aliphatic imine (C=N–C) groups is 1. The lowest BCUT2D eigenvalue weighted by Gasteiger charge is -2.21. The summed E-state index contributed by atoms with van der Waals surface area (Å²) >= 11 is 0. The third-order valence-corrected chi connectivity index (χ3v) is 4.17. The number of nitrogens with zero attached hydrogens (tertiary/aromatic N) is 2. The maximum atomic E-state index is 12.0. The number of guanidine groups is 1. The zero-order valence-electron chi connectivity index (χ0n) is 16.7. The first-order chi connectivity index (χ1) is 12.3. The van der Waals surface area contributed by atoms with E-state index in [1.807, 2.05) is 27.7 Å². The summed E-state index contributed by atoms with van der Waals surface area (Å²) in [6, 6.07) is 8.96. The summed E-state index contributed by atoms with van der Waals surface area (Å²) in [5, 5.41) is 9.63. The zero-order valence-corrected chi connectivity index (χ0v) is 16.7. The topological polar surface area (TPSA) is 68.8 Å². The van der Waals surface area contributed by atoms with Gasteiger partial charge >= 0.3 is 0 Å². The summed E-state index contributed by atoms with van der Waals surface area (Å²) in [4.78, 5) is 18.8. The molecule has 2 rings (SSSR count).